The Labute approximate surface area is 159 Å². The summed E-state index contributed by atoms with van der Waals surface area (Å²) in [6.45, 7) is 1.49. The summed E-state index contributed by atoms with van der Waals surface area (Å²) in [5, 5.41) is 23.8. The predicted molar refractivity (Wildman–Crippen MR) is 88.2 cm³/mol. The van der Waals surface area contributed by atoms with Crippen molar-refractivity contribution >= 4 is 27.9 Å². The van der Waals surface area contributed by atoms with E-state index in [1.165, 1.54) is 6.92 Å². The lowest BCUT2D eigenvalue weighted by atomic mass is 10.4. The first kappa shape index (κ1) is 24.4. The molecule has 0 aromatic carbocycles. The molecule has 2 aromatic rings. The fraction of sp³-hybridized carbons (Fsp3) is 0.429. The number of aliphatic hydroxyl groups excluding tert-OH is 2. The van der Waals surface area contributed by atoms with Crippen LogP contribution in [0.2, 0.25) is 0 Å². The van der Waals surface area contributed by atoms with E-state index in [-0.39, 0.29) is 18.1 Å². The molecular formula is C14H17BrO12. The topological polar surface area (TPSA) is 191 Å². The van der Waals surface area contributed by atoms with Crippen molar-refractivity contribution < 1.29 is 47.3 Å². The number of carboxylic acids is 1. The van der Waals surface area contributed by atoms with Crippen molar-refractivity contribution in [1.82, 2.24) is 0 Å². The van der Waals surface area contributed by atoms with Gasteiger partial charge in [0.05, 0.1) is 5.33 Å². The SMILES string of the molecule is Cc1oc(=O)oc1CBr.Cc1oc(=O)oc1COC(=O)CO.O=C(O)CO. The number of hydrogen-bond acceptors (Lipinski definition) is 11. The highest BCUT2D eigenvalue weighted by Crippen LogP contribution is 2.08. The molecule has 0 bridgehead atoms. The summed E-state index contributed by atoms with van der Waals surface area (Å²) in [5.74, 6) is -1.96. The van der Waals surface area contributed by atoms with Crippen LogP contribution in [0.4, 0.5) is 0 Å². The van der Waals surface area contributed by atoms with Gasteiger partial charge < -0.3 is 37.7 Å². The van der Waals surface area contributed by atoms with Gasteiger partial charge in [-0.2, -0.15) is 0 Å². The molecule has 0 saturated heterocycles. The van der Waals surface area contributed by atoms with Gasteiger partial charge in [-0.25, -0.2) is 19.2 Å². The standard InChI is InChI=1S/C7H8O6.C5H5BrO3.C2H4O3/c1-4-5(13-7(10)12-4)3-11-6(9)2-8;1-3-4(2-6)9-5(7)8-3;3-1-2(4)5/h8H,2-3H2,1H3;2H2,1H3;3H,1H2,(H,4,5). The number of carbonyl (C=O) groups excluding carboxylic acids is 1. The molecule has 0 atom stereocenters. The van der Waals surface area contributed by atoms with Gasteiger partial charge in [0.25, 0.3) is 0 Å². The van der Waals surface area contributed by atoms with Crippen LogP contribution in [0.15, 0.2) is 27.3 Å². The Kier molecular flexibility index (Phi) is 11.4. The van der Waals surface area contributed by atoms with Crippen molar-refractivity contribution in [3.05, 3.63) is 44.3 Å². The molecule has 2 rings (SSSR count). The van der Waals surface area contributed by atoms with Crippen LogP contribution < -0.4 is 11.6 Å². The van der Waals surface area contributed by atoms with Crippen LogP contribution in [0.1, 0.15) is 23.0 Å². The van der Waals surface area contributed by atoms with E-state index in [1.807, 2.05) is 0 Å². The van der Waals surface area contributed by atoms with Gasteiger partial charge in [-0.15, -0.1) is 0 Å². The number of rotatable bonds is 5. The highest BCUT2D eigenvalue weighted by Gasteiger charge is 2.10. The molecule has 2 aromatic heterocycles. The third-order valence-corrected chi connectivity index (χ3v) is 2.93. The maximum Gasteiger partial charge on any atom is 0.519 e. The lowest BCUT2D eigenvalue weighted by Gasteiger charge is -1.98. The molecule has 0 unspecified atom stereocenters. The molecule has 12 nitrogen and oxygen atoms in total. The quantitative estimate of drug-likeness (QED) is 0.405. The van der Waals surface area contributed by atoms with Crippen molar-refractivity contribution in [2.45, 2.75) is 25.8 Å². The van der Waals surface area contributed by atoms with E-state index in [9.17, 15) is 14.4 Å². The number of aliphatic carboxylic acids is 1. The van der Waals surface area contributed by atoms with Crippen LogP contribution in [-0.4, -0.2) is 40.5 Å². The Morgan fingerprint density at radius 1 is 0.926 bits per heavy atom. The number of aliphatic hydroxyl groups is 2. The van der Waals surface area contributed by atoms with Crippen LogP contribution in [0.3, 0.4) is 0 Å². The third-order valence-electron chi connectivity index (χ3n) is 2.42. The summed E-state index contributed by atoms with van der Waals surface area (Å²) >= 11 is 3.13. The number of carbonyl (C=O) groups is 2. The van der Waals surface area contributed by atoms with E-state index in [1.54, 1.807) is 6.92 Å². The first-order chi connectivity index (χ1) is 12.6. The minimum Gasteiger partial charge on any atom is -0.480 e. The van der Waals surface area contributed by atoms with Gasteiger partial charge in [0.1, 0.15) is 19.0 Å². The van der Waals surface area contributed by atoms with Crippen LogP contribution in [-0.2, 0) is 26.3 Å². The molecule has 0 saturated carbocycles. The minimum absolute atomic E-state index is 0.145. The molecule has 0 spiro atoms. The third kappa shape index (κ3) is 10.2. The van der Waals surface area contributed by atoms with Gasteiger partial charge in [-0.05, 0) is 13.8 Å². The van der Waals surface area contributed by atoms with E-state index < -0.39 is 36.8 Å². The summed E-state index contributed by atoms with van der Waals surface area (Å²) in [4.78, 5) is 40.4. The van der Waals surface area contributed by atoms with Crippen molar-refractivity contribution in [3.8, 4) is 0 Å². The van der Waals surface area contributed by atoms with E-state index in [0.717, 1.165) is 0 Å². The highest BCUT2D eigenvalue weighted by molar-refractivity contribution is 9.08. The molecule has 0 radical (unpaired) electrons. The van der Waals surface area contributed by atoms with Gasteiger partial charge >= 0.3 is 23.6 Å². The van der Waals surface area contributed by atoms with Crippen LogP contribution in [0, 0.1) is 13.8 Å². The average Bonchev–Trinajstić information content (AvgIpc) is 3.13. The van der Waals surface area contributed by atoms with Gasteiger partial charge in [0.15, 0.2) is 23.9 Å². The lowest BCUT2D eigenvalue weighted by molar-refractivity contribution is -0.148. The number of alkyl halides is 1. The van der Waals surface area contributed by atoms with Crippen molar-refractivity contribution in [2.24, 2.45) is 0 Å². The molecule has 27 heavy (non-hydrogen) atoms. The minimum atomic E-state index is -1.19. The number of hydrogen-bond donors (Lipinski definition) is 3. The number of halogens is 1. The summed E-state index contributed by atoms with van der Waals surface area (Å²) in [6.07, 6.45) is 0. The second kappa shape index (κ2) is 12.7. The van der Waals surface area contributed by atoms with E-state index in [0.29, 0.717) is 16.9 Å². The highest BCUT2D eigenvalue weighted by atomic mass is 79.9. The fourth-order valence-electron chi connectivity index (χ4n) is 1.19. The Bertz CT molecular complexity index is 824. The number of esters is 1. The van der Waals surface area contributed by atoms with Crippen molar-refractivity contribution in [2.75, 3.05) is 13.2 Å². The summed E-state index contributed by atoms with van der Waals surface area (Å²) < 4.78 is 22.7. The Morgan fingerprint density at radius 2 is 1.37 bits per heavy atom. The second-order valence-electron chi connectivity index (χ2n) is 4.37. The molecule has 3 N–H and O–H groups in total. The average molecular weight is 457 g/mol. The zero-order chi connectivity index (χ0) is 21.0. The monoisotopic (exact) mass is 456 g/mol. The maximum absolute atomic E-state index is 10.5. The van der Waals surface area contributed by atoms with Gasteiger partial charge in [0.2, 0.25) is 0 Å². The van der Waals surface area contributed by atoms with Gasteiger partial charge in [-0.1, -0.05) is 15.9 Å². The molecule has 0 aliphatic carbocycles. The summed E-state index contributed by atoms with van der Waals surface area (Å²) in [7, 11) is 0. The molecular weight excluding hydrogens is 440 g/mol. The maximum atomic E-state index is 10.5. The van der Waals surface area contributed by atoms with E-state index in [2.05, 4.69) is 38.3 Å². The largest absolute Gasteiger partial charge is 0.519 e. The Morgan fingerprint density at radius 3 is 1.63 bits per heavy atom. The first-order valence-electron chi connectivity index (χ1n) is 6.98. The number of carboxylic acid groups (broad SMARTS) is 1. The molecule has 152 valence electrons. The number of ether oxygens (including phenoxy) is 1. The zero-order valence-electron chi connectivity index (χ0n) is 14.2. The predicted octanol–water partition coefficient (Wildman–Crippen LogP) is 0.0761. The van der Waals surface area contributed by atoms with Gasteiger partial charge in [0, 0.05) is 0 Å². The normalized spacial score (nSPS) is 9.52. The lowest BCUT2D eigenvalue weighted by Crippen LogP contribution is -2.08. The van der Waals surface area contributed by atoms with Crippen molar-refractivity contribution in [1.29, 1.82) is 0 Å². The van der Waals surface area contributed by atoms with Crippen LogP contribution in [0.25, 0.3) is 0 Å². The smallest absolute Gasteiger partial charge is 0.480 e. The van der Waals surface area contributed by atoms with E-state index in [4.69, 9.17) is 20.1 Å². The van der Waals surface area contributed by atoms with Crippen LogP contribution in [0.5, 0.6) is 0 Å². The fourth-order valence-corrected chi connectivity index (χ4v) is 1.70. The van der Waals surface area contributed by atoms with Gasteiger partial charge in [-0.3, -0.25) is 0 Å². The van der Waals surface area contributed by atoms with Crippen LogP contribution >= 0.6 is 15.9 Å². The molecule has 2 heterocycles. The molecule has 0 aliphatic heterocycles. The summed E-state index contributed by atoms with van der Waals surface area (Å²) in [5.41, 5.74) is 0. The number of aryl methyl sites for hydroxylation is 2. The van der Waals surface area contributed by atoms with Crippen molar-refractivity contribution in [3.63, 3.8) is 0 Å². The first-order valence-corrected chi connectivity index (χ1v) is 8.10. The van der Waals surface area contributed by atoms with E-state index >= 15 is 0 Å². The second-order valence-corrected chi connectivity index (χ2v) is 4.93. The Hall–Kier alpha value is -2.64. The summed E-state index contributed by atoms with van der Waals surface area (Å²) in [6, 6.07) is 0. The molecule has 0 aliphatic rings. The zero-order valence-corrected chi connectivity index (χ0v) is 15.8. The molecule has 0 fully saturated rings. The molecule has 13 heteroatoms. The Balaban J connectivity index is 0.000000419. The molecule has 0 amide bonds.